The minimum absolute atomic E-state index is 0.0159. The van der Waals surface area contributed by atoms with Gasteiger partial charge in [-0.25, -0.2) is 0 Å². The average Bonchev–Trinajstić information content (AvgIpc) is 2.78. The molecule has 5 heteroatoms. The Kier molecular flexibility index (Phi) is 3.97. The smallest absolute Gasteiger partial charge is 0.307 e. The third kappa shape index (κ3) is 3.66. The number of amides is 1. The fourth-order valence-corrected chi connectivity index (χ4v) is 2.33. The van der Waals surface area contributed by atoms with Crippen LogP contribution in [0.25, 0.3) is 0 Å². The molecule has 4 nitrogen and oxygen atoms in total. The second kappa shape index (κ2) is 5.67. The Morgan fingerprint density at radius 3 is 2.47 bits per heavy atom. The summed E-state index contributed by atoms with van der Waals surface area (Å²) in [4.78, 5) is 23.5. The largest absolute Gasteiger partial charge is 0.481 e. The lowest BCUT2D eigenvalue weighted by atomic mass is 10.1. The first kappa shape index (κ1) is 13.3. The Bertz CT molecular complexity index is 601. The highest BCUT2D eigenvalue weighted by Crippen LogP contribution is 2.16. The topological polar surface area (TPSA) is 66.4 Å². The van der Waals surface area contributed by atoms with Gasteiger partial charge in [-0.05, 0) is 30.7 Å². The maximum absolute atomic E-state index is 11.9. The second-order valence-corrected chi connectivity index (χ2v) is 5.28. The summed E-state index contributed by atoms with van der Waals surface area (Å²) in [5.41, 5.74) is 2.00. The van der Waals surface area contributed by atoms with Gasteiger partial charge < -0.3 is 10.4 Å². The van der Waals surface area contributed by atoms with Crippen LogP contribution in [0.4, 0.5) is 5.69 Å². The molecule has 2 aromatic rings. The Balaban J connectivity index is 2.03. The van der Waals surface area contributed by atoms with Gasteiger partial charge in [0.1, 0.15) is 0 Å². The lowest BCUT2D eigenvalue weighted by Crippen LogP contribution is -2.10. The molecule has 1 aromatic carbocycles. The summed E-state index contributed by atoms with van der Waals surface area (Å²) in [6, 6.07) is 8.63. The van der Waals surface area contributed by atoms with E-state index in [1.807, 2.05) is 18.4 Å². The lowest BCUT2D eigenvalue weighted by Gasteiger charge is -2.04. The summed E-state index contributed by atoms with van der Waals surface area (Å²) < 4.78 is 0. The molecular weight excluding hydrogens is 262 g/mol. The molecule has 2 rings (SSSR count). The molecule has 0 fully saturated rings. The van der Waals surface area contributed by atoms with Gasteiger partial charge in [-0.1, -0.05) is 12.1 Å². The molecule has 2 N–H and O–H groups in total. The molecule has 0 saturated heterocycles. The molecular formula is C14H13NO3S. The monoisotopic (exact) mass is 275 g/mol. The molecule has 0 aliphatic rings. The van der Waals surface area contributed by atoms with Crippen molar-refractivity contribution in [3.05, 3.63) is 51.7 Å². The van der Waals surface area contributed by atoms with Gasteiger partial charge in [0.05, 0.1) is 12.0 Å². The summed E-state index contributed by atoms with van der Waals surface area (Å²) in [6.45, 7) is 1.95. The van der Waals surface area contributed by atoms with Crippen molar-refractivity contribution < 1.29 is 14.7 Å². The number of carbonyl (C=O) groups is 2. The molecule has 0 spiro atoms. The van der Waals surface area contributed by atoms with Crippen molar-refractivity contribution in [1.82, 2.24) is 0 Å². The SMILES string of the molecule is Cc1cc(C(=O)Nc2ccc(CC(=O)O)cc2)cs1. The summed E-state index contributed by atoms with van der Waals surface area (Å²) in [7, 11) is 0. The van der Waals surface area contributed by atoms with E-state index in [1.54, 1.807) is 24.3 Å². The first-order valence-electron chi connectivity index (χ1n) is 5.72. The second-order valence-electron chi connectivity index (χ2n) is 4.17. The first-order valence-corrected chi connectivity index (χ1v) is 6.60. The van der Waals surface area contributed by atoms with Gasteiger partial charge >= 0.3 is 5.97 Å². The van der Waals surface area contributed by atoms with Crippen molar-refractivity contribution in [2.24, 2.45) is 0 Å². The van der Waals surface area contributed by atoms with E-state index >= 15 is 0 Å². The number of nitrogens with one attached hydrogen (secondary N) is 1. The van der Waals surface area contributed by atoms with Crippen molar-refractivity contribution in [1.29, 1.82) is 0 Å². The number of carbonyl (C=O) groups excluding carboxylic acids is 1. The van der Waals surface area contributed by atoms with Crippen molar-refractivity contribution >= 4 is 28.9 Å². The molecule has 0 radical (unpaired) electrons. The van der Waals surface area contributed by atoms with Gasteiger partial charge in [-0.15, -0.1) is 11.3 Å². The first-order chi connectivity index (χ1) is 9.04. The number of rotatable bonds is 4. The standard InChI is InChI=1S/C14H13NO3S/c1-9-6-11(8-19-9)14(18)15-12-4-2-10(3-5-12)7-13(16)17/h2-6,8H,7H2,1H3,(H,15,18)(H,16,17). The van der Waals surface area contributed by atoms with Gasteiger partial charge in [-0.3, -0.25) is 9.59 Å². The van der Waals surface area contributed by atoms with E-state index in [9.17, 15) is 9.59 Å². The zero-order valence-corrected chi connectivity index (χ0v) is 11.2. The highest BCUT2D eigenvalue weighted by atomic mass is 32.1. The molecule has 0 unspecified atom stereocenters. The Hall–Kier alpha value is -2.14. The van der Waals surface area contributed by atoms with Crippen LogP contribution in [0.15, 0.2) is 35.7 Å². The summed E-state index contributed by atoms with van der Waals surface area (Å²) in [5, 5.41) is 13.2. The van der Waals surface area contributed by atoms with Crippen LogP contribution < -0.4 is 5.32 Å². The maximum atomic E-state index is 11.9. The molecule has 0 bridgehead atoms. The third-order valence-electron chi connectivity index (χ3n) is 2.56. The normalized spacial score (nSPS) is 10.2. The lowest BCUT2D eigenvalue weighted by molar-refractivity contribution is -0.136. The third-order valence-corrected chi connectivity index (χ3v) is 3.42. The highest BCUT2D eigenvalue weighted by molar-refractivity contribution is 7.10. The average molecular weight is 275 g/mol. The van der Waals surface area contributed by atoms with E-state index in [4.69, 9.17) is 5.11 Å². The maximum Gasteiger partial charge on any atom is 0.307 e. The Labute approximate surface area is 114 Å². The number of hydrogen-bond donors (Lipinski definition) is 2. The molecule has 0 saturated carbocycles. The molecule has 98 valence electrons. The van der Waals surface area contributed by atoms with E-state index in [-0.39, 0.29) is 12.3 Å². The predicted octanol–water partition coefficient (Wildman–Crippen LogP) is 2.94. The molecule has 0 aliphatic heterocycles. The van der Waals surface area contributed by atoms with E-state index < -0.39 is 5.97 Å². The van der Waals surface area contributed by atoms with E-state index in [2.05, 4.69) is 5.32 Å². The number of benzene rings is 1. The summed E-state index contributed by atoms with van der Waals surface area (Å²) in [6.07, 6.45) is -0.0159. The van der Waals surface area contributed by atoms with E-state index in [0.29, 0.717) is 16.8 Å². The van der Waals surface area contributed by atoms with Crippen molar-refractivity contribution in [3.8, 4) is 0 Å². The highest BCUT2D eigenvalue weighted by Gasteiger charge is 2.08. The minimum Gasteiger partial charge on any atom is -0.481 e. The number of carboxylic acids is 1. The number of carboxylic acid groups (broad SMARTS) is 1. The Morgan fingerprint density at radius 1 is 1.26 bits per heavy atom. The number of aryl methyl sites for hydroxylation is 1. The predicted molar refractivity (Wildman–Crippen MR) is 74.8 cm³/mol. The number of anilines is 1. The molecule has 0 aliphatic carbocycles. The zero-order valence-electron chi connectivity index (χ0n) is 10.3. The minimum atomic E-state index is -0.870. The van der Waals surface area contributed by atoms with Crippen LogP contribution in [-0.4, -0.2) is 17.0 Å². The van der Waals surface area contributed by atoms with Crippen LogP contribution >= 0.6 is 11.3 Å². The summed E-state index contributed by atoms with van der Waals surface area (Å²) in [5.74, 6) is -1.03. The van der Waals surface area contributed by atoms with Gasteiger partial charge in [-0.2, -0.15) is 0 Å². The van der Waals surface area contributed by atoms with E-state index in [0.717, 1.165) is 4.88 Å². The van der Waals surface area contributed by atoms with Crippen LogP contribution in [0.2, 0.25) is 0 Å². The summed E-state index contributed by atoms with van der Waals surface area (Å²) >= 11 is 1.53. The van der Waals surface area contributed by atoms with Gasteiger partial charge in [0.15, 0.2) is 0 Å². The fraction of sp³-hybridized carbons (Fsp3) is 0.143. The quantitative estimate of drug-likeness (QED) is 0.901. The number of thiophene rings is 1. The molecule has 1 aromatic heterocycles. The molecule has 1 heterocycles. The molecule has 1 amide bonds. The van der Waals surface area contributed by atoms with E-state index in [1.165, 1.54) is 11.3 Å². The van der Waals surface area contributed by atoms with Gasteiger partial charge in [0, 0.05) is 15.9 Å². The van der Waals surface area contributed by atoms with Crippen molar-refractivity contribution in [3.63, 3.8) is 0 Å². The Morgan fingerprint density at radius 2 is 1.95 bits per heavy atom. The fourth-order valence-electron chi connectivity index (χ4n) is 1.65. The number of hydrogen-bond acceptors (Lipinski definition) is 3. The van der Waals surface area contributed by atoms with Crippen LogP contribution in [-0.2, 0) is 11.2 Å². The van der Waals surface area contributed by atoms with Crippen LogP contribution in [0.5, 0.6) is 0 Å². The van der Waals surface area contributed by atoms with Gasteiger partial charge in [0.2, 0.25) is 0 Å². The van der Waals surface area contributed by atoms with Crippen molar-refractivity contribution in [2.45, 2.75) is 13.3 Å². The number of aliphatic carboxylic acids is 1. The van der Waals surface area contributed by atoms with Crippen LogP contribution in [0.1, 0.15) is 20.8 Å². The van der Waals surface area contributed by atoms with Crippen LogP contribution in [0, 0.1) is 6.92 Å². The van der Waals surface area contributed by atoms with Crippen LogP contribution in [0.3, 0.4) is 0 Å². The van der Waals surface area contributed by atoms with Gasteiger partial charge in [0.25, 0.3) is 5.91 Å². The zero-order chi connectivity index (χ0) is 13.8. The molecule has 19 heavy (non-hydrogen) atoms. The van der Waals surface area contributed by atoms with Crippen molar-refractivity contribution in [2.75, 3.05) is 5.32 Å². The molecule has 0 atom stereocenters.